The summed E-state index contributed by atoms with van der Waals surface area (Å²) in [6, 6.07) is 6.83. The lowest BCUT2D eigenvalue weighted by atomic mass is 10.2. The molecule has 1 unspecified atom stereocenters. The molecule has 1 heterocycles. The monoisotopic (exact) mass is 302 g/mol. The maximum absolute atomic E-state index is 12.3. The van der Waals surface area contributed by atoms with E-state index in [-0.39, 0.29) is 11.7 Å². The third-order valence-electron chi connectivity index (χ3n) is 2.64. The maximum Gasteiger partial charge on any atom is 0.414 e. The van der Waals surface area contributed by atoms with E-state index in [4.69, 9.17) is 14.4 Å². The van der Waals surface area contributed by atoms with Gasteiger partial charge in [-0.15, -0.1) is 0 Å². The summed E-state index contributed by atoms with van der Waals surface area (Å²) in [5.74, 6) is 0.327. The highest BCUT2D eigenvalue weighted by Crippen LogP contribution is 2.28. The summed E-state index contributed by atoms with van der Waals surface area (Å²) in [5, 5.41) is 12.6. The highest BCUT2D eigenvalue weighted by atomic mass is 19.4. The van der Waals surface area contributed by atoms with Gasteiger partial charge in [-0.2, -0.15) is 18.2 Å². The fourth-order valence-corrected chi connectivity index (χ4v) is 1.66. The van der Waals surface area contributed by atoms with Crippen LogP contribution in [0.2, 0.25) is 0 Å². The van der Waals surface area contributed by atoms with Crippen molar-refractivity contribution in [2.45, 2.75) is 25.6 Å². The molecule has 1 N–H and O–H groups in total. The summed E-state index contributed by atoms with van der Waals surface area (Å²) in [7, 11) is 0. The van der Waals surface area contributed by atoms with E-state index in [1.165, 1.54) is 0 Å². The van der Waals surface area contributed by atoms with Gasteiger partial charge >= 0.3 is 6.18 Å². The first-order valence-corrected chi connectivity index (χ1v) is 6.21. The molecule has 0 fully saturated rings. The largest absolute Gasteiger partial charge is 0.493 e. The standard InChI is InChI=1S/C13H13F3N2O3/c1-2-20-9-6-4-3-5-8(9)12-17-11(21-18-12)7-10(19)13(14,15)16/h3-6,10,19H,2,7H2,1H3. The van der Waals surface area contributed by atoms with Gasteiger partial charge in [0.15, 0.2) is 6.10 Å². The molecule has 1 aromatic carbocycles. The van der Waals surface area contributed by atoms with Crippen LogP contribution < -0.4 is 4.74 Å². The molecule has 1 atom stereocenters. The Kier molecular flexibility index (Phi) is 4.46. The lowest BCUT2D eigenvalue weighted by Gasteiger charge is -2.11. The molecule has 0 saturated heterocycles. The summed E-state index contributed by atoms with van der Waals surface area (Å²) < 4.78 is 46.9. The molecule has 21 heavy (non-hydrogen) atoms. The van der Waals surface area contributed by atoms with Crippen molar-refractivity contribution in [2.75, 3.05) is 6.61 Å². The van der Waals surface area contributed by atoms with Crippen molar-refractivity contribution in [1.29, 1.82) is 0 Å². The van der Waals surface area contributed by atoms with E-state index in [0.717, 1.165) is 0 Å². The van der Waals surface area contributed by atoms with E-state index in [1.54, 1.807) is 31.2 Å². The van der Waals surface area contributed by atoms with Crippen molar-refractivity contribution >= 4 is 0 Å². The van der Waals surface area contributed by atoms with E-state index in [0.29, 0.717) is 17.9 Å². The van der Waals surface area contributed by atoms with Crippen LogP contribution in [-0.2, 0) is 6.42 Å². The zero-order chi connectivity index (χ0) is 15.5. The molecule has 8 heteroatoms. The minimum Gasteiger partial charge on any atom is -0.493 e. The number of halogens is 3. The maximum atomic E-state index is 12.3. The highest BCUT2D eigenvalue weighted by molar-refractivity contribution is 5.63. The average Bonchev–Trinajstić information content (AvgIpc) is 2.87. The first kappa shape index (κ1) is 15.3. The number of ether oxygens (including phenoxy) is 1. The Labute approximate surface area is 118 Å². The van der Waals surface area contributed by atoms with E-state index in [2.05, 4.69) is 10.1 Å². The number of rotatable bonds is 5. The van der Waals surface area contributed by atoms with Gasteiger partial charge in [-0.05, 0) is 19.1 Å². The van der Waals surface area contributed by atoms with Crippen molar-refractivity contribution in [3.8, 4) is 17.1 Å². The topological polar surface area (TPSA) is 68.4 Å². The number of alkyl halides is 3. The second kappa shape index (κ2) is 6.13. The summed E-state index contributed by atoms with van der Waals surface area (Å²) in [4.78, 5) is 3.86. The fourth-order valence-electron chi connectivity index (χ4n) is 1.66. The molecule has 0 aliphatic rings. The molecule has 0 spiro atoms. The van der Waals surface area contributed by atoms with Gasteiger partial charge in [-0.1, -0.05) is 17.3 Å². The van der Waals surface area contributed by atoms with E-state index >= 15 is 0 Å². The zero-order valence-electron chi connectivity index (χ0n) is 11.1. The summed E-state index contributed by atoms with van der Waals surface area (Å²) in [5.41, 5.74) is 0.510. The molecule has 1 aromatic heterocycles. The predicted octanol–water partition coefficient (Wildman–Crippen LogP) is 2.60. The van der Waals surface area contributed by atoms with Crippen molar-refractivity contribution < 1.29 is 27.5 Å². The third-order valence-corrected chi connectivity index (χ3v) is 2.64. The average molecular weight is 302 g/mol. The Morgan fingerprint density at radius 2 is 2.05 bits per heavy atom. The van der Waals surface area contributed by atoms with Crippen LogP contribution >= 0.6 is 0 Å². The van der Waals surface area contributed by atoms with Gasteiger partial charge in [0.25, 0.3) is 0 Å². The Balaban J connectivity index is 2.20. The van der Waals surface area contributed by atoms with Crippen LogP contribution in [0.4, 0.5) is 13.2 Å². The van der Waals surface area contributed by atoms with Crippen LogP contribution in [0.15, 0.2) is 28.8 Å². The smallest absolute Gasteiger partial charge is 0.414 e. The molecule has 5 nitrogen and oxygen atoms in total. The van der Waals surface area contributed by atoms with Gasteiger partial charge in [-0.3, -0.25) is 0 Å². The van der Waals surface area contributed by atoms with E-state index < -0.39 is 18.7 Å². The molecule has 0 aliphatic heterocycles. The second-order valence-electron chi connectivity index (χ2n) is 4.20. The van der Waals surface area contributed by atoms with Crippen molar-refractivity contribution in [3.05, 3.63) is 30.2 Å². The third kappa shape index (κ3) is 3.72. The first-order chi connectivity index (χ1) is 9.91. The van der Waals surface area contributed by atoms with E-state index in [9.17, 15) is 13.2 Å². The number of aliphatic hydroxyl groups is 1. The Morgan fingerprint density at radius 3 is 2.71 bits per heavy atom. The van der Waals surface area contributed by atoms with Gasteiger partial charge in [0.05, 0.1) is 18.6 Å². The van der Waals surface area contributed by atoms with Crippen molar-refractivity contribution in [3.63, 3.8) is 0 Å². The number of benzene rings is 1. The van der Waals surface area contributed by atoms with Crippen LogP contribution in [0.25, 0.3) is 11.4 Å². The SMILES string of the molecule is CCOc1ccccc1-c1noc(CC(O)C(F)(F)F)n1. The minimum absolute atomic E-state index is 0.114. The van der Waals surface area contributed by atoms with Gasteiger partial charge in [0.1, 0.15) is 5.75 Å². The van der Waals surface area contributed by atoms with Crippen LogP contribution in [-0.4, -0.2) is 34.1 Å². The molecule has 114 valence electrons. The van der Waals surface area contributed by atoms with Crippen molar-refractivity contribution in [1.82, 2.24) is 10.1 Å². The summed E-state index contributed by atoms with van der Waals surface area (Å²) >= 11 is 0. The van der Waals surface area contributed by atoms with Crippen LogP contribution in [0.5, 0.6) is 5.75 Å². The number of aliphatic hydroxyl groups excluding tert-OH is 1. The molecule has 2 rings (SSSR count). The Bertz CT molecular complexity index is 598. The van der Waals surface area contributed by atoms with Crippen LogP contribution in [0.3, 0.4) is 0 Å². The molecular formula is C13H13F3N2O3. The fraction of sp³-hybridized carbons (Fsp3) is 0.385. The van der Waals surface area contributed by atoms with Crippen LogP contribution in [0, 0.1) is 0 Å². The molecule has 0 amide bonds. The van der Waals surface area contributed by atoms with Gasteiger partial charge in [0, 0.05) is 0 Å². The molecule has 0 radical (unpaired) electrons. The lowest BCUT2D eigenvalue weighted by molar-refractivity contribution is -0.204. The lowest BCUT2D eigenvalue weighted by Crippen LogP contribution is -2.30. The number of nitrogens with zero attached hydrogens (tertiary/aromatic N) is 2. The minimum atomic E-state index is -4.72. The molecular weight excluding hydrogens is 289 g/mol. The highest BCUT2D eigenvalue weighted by Gasteiger charge is 2.39. The molecule has 0 bridgehead atoms. The van der Waals surface area contributed by atoms with Gasteiger partial charge in [-0.25, -0.2) is 0 Å². The summed E-state index contributed by atoms with van der Waals surface area (Å²) in [6.07, 6.45) is -8.04. The Morgan fingerprint density at radius 1 is 1.33 bits per heavy atom. The summed E-state index contributed by atoms with van der Waals surface area (Å²) in [6.45, 7) is 2.23. The number of hydrogen-bond acceptors (Lipinski definition) is 5. The number of hydrogen-bond donors (Lipinski definition) is 1. The van der Waals surface area contributed by atoms with Crippen LogP contribution in [0.1, 0.15) is 12.8 Å². The second-order valence-corrected chi connectivity index (χ2v) is 4.20. The molecule has 0 saturated carbocycles. The van der Waals surface area contributed by atoms with Gasteiger partial charge < -0.3 is 14.4 Å². The zero-order valence-corrected chi connectivity index (χ0v) is 11.1. The Hall–Kier alpha value is -2.09. The number of aromatic nitrogens is 2. The number of para-hydroxylation sites is 1. The van der Waals surface area contributed by atoms with E-state index in [1.807, 2.05) is 0 Å². The predicted molar refractivity (Wildman–Crippen MR) is 66.7 cm³/mol. The first-order valence-electron chi connectivity index (χ1n) is 6.21. The normalized spacial score (nSPS) is 13.2. The van der Waals surface area contributed by atoms with Crippen molar-refractivity contribution in [2.24, 2.45) is 0 Å². The molecule has 2 aromatic rings. The quantitative estimate of drug-likeness (QED) is 0.919. The molecule has 0 aliphatic carbocycles. The van der Waals surface area contributed by atoms with Gasteiger partial charge in [0.2, 0.25) is 11.7 Å².